The number of amides is 2. The Bertz CT molecular complexity index is 460. The molecule has 0 saturated carbocycles. The zero-order valence-electron chi connectivity index (χ0n) is 11.0. The van der Waals surface area contributed by atoms with Crippen LogP contribution in [-0.4, -0.2) is 43.3 Å². The summed E-state index contributed by atoms with van der Waals surface area (Å²) in [6, 6.07) is 8.24. The van der Waals surface area contributed by atoms with Gasteiger partial charge in [0.1, 0.15) is 5.75 Å². The lowest BCUT2D eigenvalue weighted by molar-refractivity contribution is 0.0456. The molecular formula is C14H18N2O3. The summed E-state index contributed by atoms with van der Waals surface area (Å²) in [7, 11) is 1.65. The fourth-order valence-corrected chi connectivity index (χ4v) is 2.75. The van der Waals surface area contributed by atoms with Gasteiger partial charge in [-0.2, -0.15) is 0 Å². The third kappa shape index (κ3) is 2.38. The summed E-state index contributed by atoms with van der Waals surface area (Å²) in [6.07, 6.45) is 0.902. The predicted octanol–water partition coefficient (Wildman–Crippen LogP) is 1.38. The largest absolute Gasteiger partial charge is 0.497 e. The Balaban J connectivity index is 1.72. The Morgan fingerprint density at radius 3 is 2.95 bits per heavy atom. The maximum Gasteiger partial charge on any atom is 0.318 e. The highest BCUT2D eigenvalue weighted by atomic mass is 16.5. The van der Waals surface area contributed by atoms with E-state index in [4.69, 9.17) is 9.47 Å². The molecule has 5 heteroatoms. The Kier molecular flexibility index (Phi) is 3.29. The molecule has 0 unspecified atom stereocenters. The number of rotatable bonds is 3. The van der Waals surface area contributed by atoms with E-state index in [-0.39, 0.29) is 18.1 Å². The third-order valence-corrected chi connectivity index (χ3v) is 3.80. The Hall–Kier alpha value is -1.75. The number of benzene rings is 1. The molecule has 102 valence electrons. The number of methoxy groups -OCH3 is 1. The fourth-order valence-electron chi connectivity index (χ4n) is 2.75. The molecule has 2 atom stereocenters. The van der Waals surface area contributed by atoms with Crippen molar-refractivity contribution in [2.75, 3.05) is 20.3 Å². The maximum atomic E-state index is 12.0. The van der Waals surface area contributed by atoms with Crippen LogP contribution in [0.3, 0.4) is 0 Å². The average Bonchev–Trinajstić information content (AvgIpc) is 2.76. The van der Waals surface area contributed by atoms with Crippen LogP contribution in [0.1, 0.15) is 12.0 Å². The van der Waals surface area contributed by atoms with Crippen molar-refractivity contribution in [3.63, 3.8) is 0 Å². The molecule has 0 bridgehead atoms. The first-order valence-corrected chi connectivity index (χ1v) is 6.56. The number of fused-ring (bicyclic) bond motifs is 1. The molecule has 2 fully saturated rings. The second-order valence-electron chi connectivity index (χ2n) is 4.96. The molecule has 5 nitrogen and oxygen atoms in total. The van der Waals surface area contributed by atoms with Crippen molar-refractivity contribution in [3.05, 3.63) is 29.8 Å². The van der Waals surface area contributed by atoms with Crippen LogP contribution in [-0.2, 0) is 11.3 Å². The van der Waals surface area contributed by atoms with Gasteiger partial charge in [0.05, 0.1) is 25.8 Å². The van der Waals surface area contributed by atoms with E-state index in [0.29, 0.717) is 13.2 Å². The molecule has 1 aromatic carbocycles. The highest BCUT2D eigenvalue weighted by molar-refractivity contribution is 5.77. The van der Waals surface area contributed by atoms with Gasteiger partial charge in [-0.3, -0.25) is 0 Å². The van der Waals surface area contributed by atoms with Crippen LogP contribution in [0.5, 0.6) is 5.75 Å². The Labute approximate surface area is 112 Å². The van der Waals surface area contributed by atoms with Crippen LogP contribution in [0.15, 0.2) is 24.3 Å². The molecule has 19 heavy (non-hydrogen) atoms. The summed E-state index contributed by atoms with van der Waals surface area (Å²) in [5.74, 6) is 0.832. The van der Waals surface area contributed by atoms with Gasteiger partial charge in [-0.05, 0) is 24.1 Å². The minimum Gasteiger partial charge on any atom is -0.497 e. The molecule has 2 heterocycles. The Morgan fingerprint density at radius 2 is 2.21 bits per heavy atom. The molecule has 1 aromatic rings. The number of carbonyl (C=O) groups is 1. The number of urea groups is 1. The predicted molar refractivity (Wildman–Crippen MR) is 70.1 cm³/mol. The van der Waals surface area contributed by atoms with Crippen molar-refractivity contribution in [1.29, 1.82) is 0 Å². The molecule has 0 spiro atoms. The van der Waals surface area contributed by atoms with Crippen LogP contribution < -0.4 is 10.1 Å². The molecular weight excluding hydrogens is 244 g/mol. The number of ether oxygens (including phenoxy) is 2. The van der Waals surface area contributed by atoms with Gasteiger partial charge < -0.3 is 19.7 Å². The number of nitrogens with zero attached hydrogens (tertiary/aromatic N) is 1. The molecule has 2 amide bonds. The van der Waals surface area contributed by atoms with Gasteiger partial charge in [0, 0.05) is 13.2 Å². The molecule has 0 aromatic heterocycles. The number of hydrogen-bond donors (Lipinski definition) is 1. The second kappa shape index (κ2) is 5.09. The fraction of sp³-hybridized carbons (Fsp3) is 0.500. The third-order valence-electron chi connectivity index (χ3n) is 3.80. The topological polar surface area (TPSA) is 50.8 Å². The quantitative estimate of drug-likeness (QED) is 0.895. The summed E-state index contributed by atoms with van der Waals surface area (Å²) in [4.78, 5) is 13.9. The summed E-state index contributed by atoms with van der Waals surface area (Å²) in [5, 5.41) is 2.99. The lowest BCUT2D eigenvalue weighted by atomic mass is 10.0. The van der Waals surface area contributed by atoms with Gasteiger partial charge in [-0.25, -0.2) is 4.79 Å². The van der Waals surface area contributed by atoms with Crippen LogP contribution in [0, 0.1) is 0 Å². The first kappa shape index (κ1) is 12.3. The van der Waals surface area contributed by atoms with Gasteiger partial charge in [-0.1, -0.05) is 12.1 Å². The van der Waals surface area contributed by atoms with Gasteiger partial charge in [-0.15, -0.1) is 0 Å². The summed E-state index contributed by atoms with van der Waals surface area (Å²) < 4.78 is 10.5. The zero-order chi connectivity index (χ0) is 13.2. The average molecular weight is 262 g/mol. The minimum atomic E-state index is 0.0105. The van der Waals surface area contributed by atoms with E-state index in [1.165, 1.54) is 0 Å². The SMILES string of the molecule is COc1ccc(CN2C(=O)N[C@H]3COCC[C@@H]32)cc1. The van der Waals surface area contributed by atoms with E-state index in [1.54, 1.807) is 7.11 Å². The van der Waals surface area contributed by atoms with Crippen LogP contribution >= 0.6 is 0 Å². The number of hydrogen-bond acceptors (Lipinski definition) is 3. The van der Waals surface area contributed by atoms with Gasteiger partial charge in [0.25, 0.3) is 0 Å². The van der Waals surface area contributed by atoms with Gasteiger partial charge in [0.2, 0.25) is 0 Å². The number of carbonyl (C=O) groups excluding carboxylic acids is 1. The van der Waals surface area contributed by atoms with Gasteiger partial charge in [0.15, 0.2) is 0 Å². The van der Waals surface area contributed by atoms with Crippen molar-refractivity contribution in [2.45, 2.75) is 25.0 Å². The lowest BCUT2D eigenvalue weighted by Gasteiger charge is -2.30. The van der Waals surface area contributed by atoms with E-state index in [0.717, 1.165) is 24.3 Å². The molecule has 0 radical (unpaired) electrons. The van der Waals surface area contributed by atoms with Crippen molar-refractivity contribution in [3.8, 4) is 5.75 Å². The van der Waals surface area contributed by atoms with Crippen molar-refractivity contribution >= 4 is 6.03 Å². The minimum absolute atomic E-state index is 0.0105. The lowest BCUT2D eigenvalue weighted by Crippen LogP contribution is -2.43. The molecule has 2 aliphatic rings. The van der Waals surface area contributed by atoms with Crippen LogP contribution in [0.4, 0.5) is 4.79 Å². The first-order valence-electron chi connectivity index (χ1n) is 6.56. The number of nitrogens with one attached hydrogen (secondary N) is 1. The van der Waals surface area contributed by atoms with Crippen molar-refractivity contribution in [1.82, 2.24) is 10.2 Å². The van der Waals surface area contributed by atoms with E-state index in [2.05, 4.69) is 5.32 Å². The molecule has 1 N–H and O–H groups in total. The monoisotopic (exact) mass is 262 g/mol. The first-order chi connectivity index (χ1) is 9.28. The van der Waals surface area contributed by atoms with Crippen molar-refractivity contribution < 1.29 is 14.3 Å². The highest BCUT2D eigenvalue weighted by Crippen LogP contribution is 2.24. The van der Waals surface area contributed by atoms with Gasteiger partial charge >= 0.3 is 6.03 Å². The van der Waals surface area contributed by atoms with Crippen molar-refractivity contribution in [2.24, 2.45) is 0 Å². The van der Waals surface area contributed by atoms with E-state index >= 15 is 0 Å². The Morgan fingerprint density at radius 1 is 1.42 bits per heavy atom. The second-order valence-corrected chi connectivity index (χ2v) is 4.96. The van der Waals surface area contributed by atoms with E-state index in [9.17, 15) is 4.79 Å². The maximum absolute atomic E-state index is 12.0. The molecule has 3 rings (SSSR count). The van der Waals surface area contributed by atoms with Crippen LogP contribution in [0.25, 0.3) is 0 Å². The normalized spacial score (nSPS) is 25.9. The summed E-state index contributed by atoms with van der Waals surface area (Å²) >= 11 is 0. The smallest absolute Gasteiger partial charge is 0.318 e. The molecule has 0 aliphatic carbocycles. The van der Waals surface area contributed by atoms with E-state index < -0.39 is 0 Å². The zero-order valence-corrected chi connectivity index (χ0v) is 11.0. The summed E-state index contributed by atoms with van der Waals surface area (Å²) in [6.45, 7) is 1.99. The van der Waals surface area contributed by atoms with Crippen LogP contribution in [0.2, 0.25) is 0 Å². The highest BCUT2D eigenvalue weighted by Gasteiger charge is 2.40. The standard InChI is InChI=1S/C14H18N2O3/c1-18-11-4-2-10(3-5-11)8-16-13-6-7-19-9-12(13)15-14(16)17/h2-5,12-13H,6-9H2,1H3,(H,15,17)/t12-,13-/m0/s1. The summed E-state index contributed by atoms with van der Waals surface area (Å²) in [5.41, 5.74) is 1.11. The molecule has 2 saturated heterocycles. The van der Waals surface area contributed by atoms with E-state index in [1.807, 2.05) is 29.2 Å². The molecule has 2 aliphatic heterocycles.